The van der Waals surface area contributed by atoms with Gasteiger partial charge in [-0.3, -0.25) is 4.99 Å². The van der Waals surface area contributed by atoms with Crippen molar-refractivity contribution in [2.75, 3.05) is 6.54 Å². The topological polar surface area (TPSA) is 24.4 Å². The fourth-order valence-electron chi connectivity index (χ4n) is 2.16. The van der Waals surface area contributed by atoms with Gasteiger partial charge in [0.15, 0.2) is 5.17 Å². The SMILES string of the molecule is CCC(CC)C1CN=C(NCc2sccc2Br)S1. The van der Waals surface area contributed by atoms with Gasteiger partial charge in [-0.25, -0.2) is 0 Å². The Morgan fingerprint density at radius 1 is 1.50 bits per heavy atom. The summed E-state index contributed by atoms with van der Waals surface area (Å²) in [4.78, 5) is 5.96. The van der Waals surface area contributed by atoms with Crippen LogP contribution in [0.5, 0.6) is 0 Å². The summed E-state index contributed by atoms with van der Waals surface area (Å²) in [5.74, 6) is 0.798. The third kappa shape index (κ3) is 3.52. The van der Waals surface area contributed by atoms with Crippen LogP contribution in [0.1, 0.15) is 31.6 Å². The number of amidine groups is 1. The summed E-state index contributed by atoms with van der Waals surface area (Å²) >= 11 is 7.26. The molecule has 2 rings (SSSR count). The van der Waals surface area contributed by atoms with E-state index in [2.05, 4.69) is 51.5 Å². The van der Waals surface area contributed by atoms with E-state index in [0.29, 0.717) is 5.25 Å². The lowest BCUT2D eigenvalue weighted by molar-refractivity contribution is 0.479. The molecule has 0 bridgehead atoms. The molecule has 1 unspecified atom stereocenters. The number of thioether (sulfide) groups is 1. The lowest BCUT2D eigenvalue weighted by atomic mass is 9.99. The fraction of sp³-hybridized carbons (Fsp3) is 0.615. The van der Waals surface area contributed by atoms with Crippen molar-refractivity contribution in [2.45, 2.75) is 38.5 Å². The summed E-state index contributed by atoms with van der Waals surface area (Å²) in [5, 5.41) is 7.35. The van der Waals surface area contributed by atoms with Crippen LogP contribution in [-0.4, -0.2) is 17.0 Å². The molecule has 0 aromatic carbocycles. The monoisotopic (exact) mass is 346 g/mol. The zero-order valence-corrected chi connectivity index (χ0v) is 14.0. The average molecular weight is 347 g/mol. The Hall–Kier alpha value is -0.000000000000000111. The molecule has 0 radical (unpaired) electrons. The fourth-order valence-corrected chi connectivity index (χ4v) is 4.91. The number of nitrogens with zero attached hydrogens (tertiary/aromatic N) is 1. The molecule has 0 amide bonds. The molecule has 1 aliphatic heterocycles. The van der Waals surface area contributed by atoms with Gasteiger partial charge in [-0.1, -0.05) is 38.5 Å². The first-order valence-corrected chi connectivity index (χ1v) is 8.96. The zero-order chi connectivity index (χ0) is 13.0. The number of aliphatic imine (C=N–C) groups is 1. The van der Waals surface area contributed by atoms with E-state index in [9.17, 15) is 0 Å². The molecule has 5 heteroatoms. The highest BCUT2D eigenvalue weighted by atomic mass is 79.9. The Morgan fingerprint density at radius 3 is 2.89 bits per heavy atom. The molecular formula is C13H19BrN2S2. The highest BCUT2D eigenvalue weighted by molar-refractivity contribution is 9.10. The standard InChI is InChI=1S/C13H19BrN2S2/c1-3-9(4-2)11-7-15-13(18-11)16-8-12-10(14)5-6-17-12/h5-6,9,11H,3-4,7-8H2,1-2H3,(H,15,16). The molecule has 100 valence electrons. The summed E-state index contributed by atoms with van der Waals surface area (Å²) in [6.07, 6.45) is 2.51. The molecule has 18 heavy (non-hydrogen) atoms. The van der Waals surface area contributed by atoms with E-state index < -0.39 is 0 Å². The molecule has 1 N–H and O–H groups in total. The second-order valence-corrected chi connectivity index (χ2v) is 7.51. The van der Waals surface area contributed by atoms with Gasteiger partial charge in [0, 0.05) is 14.6 Å². The summed E-state index contributed by atoms with van der Waals surface area (Å²) in [6.45, 7) is 6.41. The van der Waals surface area contributed by atoms with Crippen molar-refractivity contribution in [2.24, 2.45) is 10.9 Å². The predicted octanol–water partition coefficient (Wildman–Crippen LogP) is 4.51. The van der Waals surface area contributed by atoms with Gasteiger partial charge in [-0.05, 0) is 33.3 Å². The normalized spacial score (nSPS) is 19.3. The van der Waals surface area contributed by atoms with Crippen LogP contribution in [0, 0.1) is 5.92 Å². The van der Waals surface area contributed by atoms with E-state index in [4.69, 9.17) is 0 Å². The second-order valence-electron chi connectivity index (χ2n) is 4.42. The maximum Gasteiger partial charge on any atom is 0.157 e. The van der Waals surface area contributed by atoms with Gasteiger partial charge in [-0.2, -0.15) is 0 Å². The van der Waals surface area contributed by atoms with E-state index in [0.717, 1.165) is 24.2 Å². The maximum atomic E-state index is 4.62. The van der Waals surface area contributed by atoms with Gasteiger partial charge in [0.05, 0.1) is 13.1 Å². The van der Waals surface area contributed by atoms with Crippen molar-refractivity contribution in [1.82, 2.24) is 5.32 Å². The van der Waals surface area contributed by atoms with Crippen molar-refractivity contribution in [1.29, 1.82) is 0 Å². The highest BCUT2D eigenvalue weighted by Gasteiger charge is 2.25. The quantitative estimate of drug-likeness (QED) is 0.848. The van der Waals surface area contributed by atoms with Crippen molar-refractivity contribution >= 4 is 44.2 Å². The smallest absolute Gasteiger partial charge is 0.157 e. The van der Waals surface area contributed by atoms with Crippen molar-refractivity contribution in [3.8, 4) is 0 Å². The van der Waals surface area contributed by atoms with E-state index in [1.165, 1.54) is 22.2 Å². The summed E-state index contributed by atoms with van der Waals surface area (Å²) in [7, 11) is 0. The van der Waals surface area contributed by atoms with E-state index in [-0.39, 0.29) is 0 Å². The van der Waals surface area contributed by atoms with Crippen molar-refractivity contribution in [3.63, 3.8) is 0 Å². The minimum absolute atomic E-state index is 0.675. The van der Waals surface area contributed by atoms with E-state index >= 15 is 0 Å². The van der Waals surface area contributed by atoms with Crippen LogP contribution in [0.2, 0.25) is 0 Å². The Balaban J connectivity index is 1.81. The molecule has 1 aromatic rings. The molecule has 1 aromatic heterocycles. The minimum Gasteiger partial charge on any atom is -0.360 e. The number of thiophene rings is 1. The van der Waals surface area contributed by atoms with Gasteiger partial charge in [0.25, 0.3) is 0 Å². The second kappa shape index (κ2) is 6.96. The molecule has 0 saturated carbocycles. The molecule has 1 atom stereocenters. The van der Waals surface area contributed by atoms with Crippen LogP contribution in [0.15, 0.2) is 20.9 Å². The molecule has 0 saturated heterocycles. The number of hydrogen-bond acceptors (Lipinski definition) is 4. The largest absolute Gasteiger partial charge is 0.360 e. The molecule has 0 fully saturated rings. The van der Waals surface area contributed by atoms with Crippen LogP contribution in [0.25, 0.3) is 0 Å². The first-order valence-electron chi connectivity index (χ1n) is 6.41. The number of halogens is 1. The van der Waals surface area contributed by atoms with Crippen LogP contribution < -0.4 is 5.32 Å². The number of hydrogen-bond donors (Lipinski definition) is 1. The molecule has 2 nitrogen and oxygen atoms in total. The predicted molar refractivity (Wildman–Crippen MR) is 86.6 cm³/mol. The van der Waals surface area contributed by atoms with Gasteiger partial charge < -0.3 is 5.32 Å². The average Bonchev–Trinajstić information content (AvgIpc) is 2.98. The highest BCUT2D eigenvalue weighted by Crippen LogP contribution is 2.30. The zero-order valence-electron chi connectivity index (χ0n) is 10.8. The maximum absolute atomic E-state index is 4.62. The third-order valence-corrected chi connectivity index (χ3v) is 6.60. The molecule has 1 aliphatic rings. The third-order valence-electron chi connectivity index (χ3n) is 3.34. The Morgan fingerprint density at radius 2 is 2.28 bits per heavy atom. The molecule has 2 heterocycles. The van der Waals surface area contributed by atoms with Crippen molar-refractivity contribution in [3.05, 3.63) is 20.8 Å². The van der Waals surface area contributed by atoms with E-state index in [1.807, 2.05) is 11.8 Å². The Bertz CT molecular complexity index is 413. The van der Waals surface area contributed by atoms with Crippen LogP contribution >= 0.6 is 39.0 Å². The molecule has 0 aliphatic carbocycles. The Labute approximate surface area is 126 Å². The molecule has 0 spiro atoms. The summed E-state index contributed by atoms with van der Waals surface area (Å²) < 4.78 is 1.19. The van der Waals surface area contributed by atoms with Gasteiger partial charge >= 0.3 is 0 Å². The van der Waals surface area contributed by atoms with E-state index in [1.54, 1.807) is 11.3 Å². The van der Waals surface area contributed by atoms with Gasteiger partial charge in [0.1, 0.15) is 0 Å². The van der Waals surface area contributed by atoms with Crippen LogP contribution in [-0.2, 0) is 6.54 Å². The van der Waals surface area contributed by atoms with Gasteiger partial charge in [-0.15, -0.1) is 11.3 Å². The Kier molecular flexibility index (Phi) is 5.57. The van der Waals surface area contributed by atoms with Gasteiger partial charge in [0.2, 0.25) is 0 Å². The first-order chi connectivity index (χ1) is 8.74. The lowest BCUT2D eigenvalue weighted by Gasteiger charge is -2.18. The first kappa shape index (κ1) is 14.4. The minimum atomic E-state index is 0.675. The molecular weight excluding hydrogens is 328 g/mol. The lowest BCUT2D eigenvalue weighted by Crippen LogP contribution is -2.21. The summed E-state index contributed by atoms with van der Waals surface area (Å²) in [5.41, 5.74) is 0. The van der Waals surface area contributed by atoms with Crippen LogP contribution in [0.3, 0.4) is 0 Å². The van der Waals surface area contributed by atoms with Crippen LogP contribution in [0.4, 0.5) is 0 Å². The summed E-state index contributed by atoms with van der Waals surface area (Å²) in [6, 6.07) is 2.10. The number of nitrogens with one attached hydrogen (secondary N) is 1. The number of rotatable bonds is 5. The van der Waals surface area contributed by atoms with Crippen molar-refractivity contribution < 1.29 is 0 Å².